The van der Waals surface area contributed by atoms with Gasteiger partial charge in [0.15, 0.2) is 0 Å². The molecule has 1 fully saturated rings. The molecule has 0 bridgehead atoms. The van der Waals surface area contributed by atoms with Crippen LogP contribution in [0, 0.1) is 5.82 Å². The Morgan fingerprint density at radius 2 is 1.65 bits per heavy atom. The predicted octanol–water partition coefficient (Wildman–Crippen LogP) is 5.42. The Labute approximate surface area is 220 Å². The fourth-order valence-corrected chi connectivity index (χ4v) is 5.72. The Bertz CT molecular complexity index is 1480. The Morgan fingerprint density at radius 1 is 0.973 bits per heavy atom. The van der Waals surface area contributed by atoms with Gasteiger partial charge in [0.25, 0.3) is 5.56 Å². The van der Waals surface area contributed by atoms with E-state index in [2.05, 4.69) is 35.8 Å². The van der Waals surface area contributed by atoms with Gasteiger partial charge in [-0.15, -0.1) is 0 Å². The summed E-state index contributed by atoms with van der Waals surface area (Å²) in [5.41, 5.74) is 3.88. The van der Waals surface area contributed by atoms with Gasteiger partial charge in [-0.1, -0.05) is 54.1 Å². The topological polar surface area (TPSA) is 50.6 Å². The highest BCUT2D eigenvalue weighted by atomic mass is 35.5. The van der Waals surface area contributed by atoms with Gasteiger partial charge in [-0.25, -0.2) is 9.37 Å². The fourth-order valence-electron chi connectivity index (χ4n) is 5.40. The third-order valence-electron chi connectivity index (χ3n) is 7.30. The van der Waals surface area contributed by atoms with Crippen LogP contribution in [0.2, 0.25) is 5.02 Å². The molecule has 1 aliphatic rings. The molecule has 0 N–H and O–H groups in total. The van der Waals surface area contributed by atoms with Crippen LogP contribution in [0.25, 0.3) is 11.0 Å². The maximum atomic E-state index is 13.8. The molecule has 1 saturated heterocycles. The lowest BCUT2D eigenvalue weighted by atomic mass is 9.93. The molecule has 2 aromatic heterocycles. The molecule has 1 aliphatic heterocycles. The van der Waals surface area contributed by atoms with Crippen molar-refractivity contribution >= 4 is 28.3 Å². The Kier molecular flexibility index (Phi) is 6.92. The maximum absolute atomic E-state index is 13.8. The third-order valence-corrected chi connectivity index (χ3v) is 7.64. The van der Waals surface area contributed by atoms with Crippen LogP contribution in [0.1, 0.15) is 31.0 Å². The minimum Gasteiger partial charge on any atom is -0.481 e. The van der Waals surface area contributed by atoms with Crippen LogP contribution in [-0.4, -0.2) is 46.7 Å². The lowest BCUT2D eigenvalue weighted by Crippen LogP contribution is -2.57. The van der Waals surface area contributed by atoms with Crippen LogP contribution >= 0.6 is 11.6 Å². The number of nitrogens with zero attached hydrogens (tertiary/aromatic N) is 4. The van der Waals surface area contributed by atoms with Crippen LogP contribution < -0.4 is 15.2 Å². The molecule has 2 aromatic carbocycles. The van der Waals surface area contributed by atoms with Gasteiger partial charge in [0.1, 0.15) is 16.4 Å². The smallest absolute Gasteiger partial charge is 0.271 e. The van der Waals surface area contributed by atoms with Gasteiger partial charge in [0, 0.05) is 38.3 Å². The van der Waals surface area contributed by atoms with Crippen molar-refractivity contribution < 1.29 is 9.13 Å². The van der Waals surface area contributed by atoms with Gasteiger partial charge >= 0.3 is 0 Å². The second-order valence-corrected chi connectivity index (χ2v) is 10.0. The number of fused-ring (bicyclic) bond motifs is 1. The standard InChI is InChI=1S/C29H30ClFN4O2/c1-18-17-35(28-25(30)29(36)33(3)23-14-15-24(37-4)32-26(23)28)19(2)16-34(18)27(20-8-6-5-7-9-20)21-10-12-22(31)13-11-21/h5-15,18-19,27H,16-17H2,1-4H3/t18-,19+,27?/m1/s1. The number of methoxy groups -OCH3 is 1. The zero-order valence-electron chi connectivity index (χ0n) is 21.4. The number of aryl methyl sites for hydroxylation is 1. The van der Waals surface area contributed by atoms with Gasteiger partial charge in [-0.2, -0.15) is 0 Å². The lowest BCUT2D eigenvalue weighted by Gasteiger charge is -2.48. The maximum Gasteiger partial charge on any atom is 0.271 e. The van der Waals surface area contributed by atoms with Gasteiger partial charge < -0.3 is 14.2 Å². The van der Waals surface area contributed by atoms with E-state index >= 15 is 0 Å². The number of halogens is 2. The molecular formula is C29H30ClFN4O2. The molecule has 0 saturated carbocycles. The minimum absolute atomic E-state index is 0.0173. The molecule has 3 heterocycles. The van der Waals surface area contributed by atoms with E-state index in [9.17, 15) is 9.18 Å². The predicted molar refractivity (Wildman–Crippen MR) is 146 cm³/mol. The van der Waals surface area contributed by atoms with Crippen molar-refractivity contribution in [2.75, 3.05) is 25.1 Å². The van der Waals surface area contributed by atoms with Crippen molar-refractivity contribution in [2.24, 2.45) is 7.05 Å². The highest BCUT2D eigenvalue weighted by molar-refractivity contribution is 6.34. The monoisotopic (exact) mass is 520 g/mol. The van der Waals surface area contributed by atoms with Crippen LogP contribution in [0.15, 0.2) is 71.5 Å². The van der Waals surface area contributed by atoms with Crippen molar-refractivity contribution in [2.45, 2.75) is 32.0 Å². The van der Waals surface area contributed by atoms with Crippen molar-refractivity contribution in [1.82, 2.24) is 14.5 Å². The summed E-state index contributed by atoms with van der Waals surface area (Å²) in [6.07, 6.45) is 0. The fraction of sp³-hybridized carbons (Fsp3) is 0.310. The first-order chi connectivity index (χ1) is 17.8. The van der Waals surface area contributed by atoms with E-state index < -0.39 is 0 Å². The van der Waals surface area contributed by atoms with E-state index in [1.165, 1.54) is 16.7 Å². The first kappa shape index (κ1) is 25.2. The van der Waals surface area contributed by atoms with E-state index in [0.29, 0.717) is 35.7 Å². The normalized spacial score (nSPS) is 19.2. The summed E-state index contributed by atoms with van der Waals surface area (Å²) < 4.78 is 20.7. The average Bonchev–Trinajstić information content (AvgIpc) is 2.91. The highest BCUT2D eigenvalue weighted by Gasteiger charge is 2.37. The van der Waals surface area contributed by atoms with Gasteiger partial charge in [0.05, 0.1) is 24.4 Å². The summed E-state index contributed by atoms with van der Waals surface area (Å²) in [5, 5.41) is 0.154. The van der Waals surface area contributed by atoms with Crippen molar-refractivity contribution in [1.29, 1.82) is 0 Å². The molecule has 0 aliphatic carbocycles. The van der Waals surface area contributed by atoms with Crippen LogP contribution in [0.3, 0.4) is 0 Å². The zero-order valence-corrected chi connectivity index (χ0v) is 22.1. The van der Waals surface area contributed by atoms with Gasteiger partial charge in [-0.3, -0.25) is 9.69 Å². The number of rotatable bonds is 5. The summed E-state index contributed by atoms with van der Waals surface area (Å²) in [6.45, 7) is 5.64. The molecule has 0 radical (unpaired) electrons. The summed E-state index contributed by atoms with van der Waals surface area (Å²) >= 11 is 6.72. The molecule has 6 nitrogen and oxygen atoms in total. The van der Waals surface area contributed by atoms with Crippen LogP contribution in [0.5, 0.6) is 5.88 Å². The molecular weight excluding hydrogens is 491 g/mol. The van der Waals surface area contributed by atoms with E-state index in [0.717, 1.165) is 11.1 Å². The molecule has 0 amide bonds. The van der Waals surface area contributed by atoms with E-state index in [-0.39, 0.29) is 34.5 Å². The van der Waals surface area contributed by atoms with Crippen LogP contribution in [-0.2, 0) is 7.05 Å². The molecule has 4 aromatic rings. The Balaban J connectivity index is 1.57. The number of anilines is 1. The number of ether oxygens (including phenoxy) is 1. The van der Waals surface area contributed by atoms with Crippen molar-refractivity contribution in [3.63, 3.8) is 0 Å². The number of aromatic nitrogens is 2. The third kappa shape index (κ3) is 4.58. The number of hydrogen-bond donors (Lipinski definition) is 0. The summed E-state index contributed by atoms with van der Waals surface area (Å²) in [4.78, 5) is 22.4. The van der Waals surface area contributed by atoms with E-state index in [1.54, 1.807) is 20.2 Å². The number of benzene rings is 2. The first-order valence-electron chi connectivity index (χ1n) is 12.4. The molecule has 1 unspecified atom stereocenters. The van der Waals surface area contributed by atoms with E-state index in [1.807, 2.05) is 36.4 Å². The number of pyridine rings is 2. The summed E-state index contributed by atoms with van der Waals surface area (Å²) in [6, 6.07) is 20.7. The van der Waals surface area contributed by atoms with E-state index in [4.69, 9.17) is 21.3 Å². The molecule has 192 valence electrons. The van der Waals surface area contributed by atoms with Gasteiger partial charge in [-0.05, 0) is 43.2 Å². The van der Waals surface area contributed by atoms with Crippen molar-refractivity contribution in [3.8, 4) is 5.88 Å². The number of hydrogen-bond acceptors (Lipinski definition) is 5. The quantitative estimate of drug-likeness (QED) is 0.351. The summed E-state index contributed by atoms with van der Waals surface area (Å²) in [7, 11) is 3.27. The van der Waals surface area contributed by atoms with Crippen molar-refractivity contribution in [3.05, 3.63) is 99.1 Å². The molecule has 5 rings (SSSR count). The Hall–Kier alpha value is -3.42. The molecule has 0 spiro atoms. The molecule has 37 heavy (non-hydrogen) atoms. The highest BCUT2D eigenvalue weighted by Crippen LogP contribution is 2.38. The first-order valence-corrected chi connectivity index (χ1v) is 12.7. The largest absolute Gasteiger partial charge is 0.481 e. The number of piperazine rings is 1. The van der Waals surface area contributed by atoms with Gasteiger partial charge in [0.2, 0.25) is 5.88 Å². The zero-order chi connectivity index (χ0) is 26.3. The second-order valence-electron chi connectivity index (χ2n) is 9.66. The Morgan fingerprint density at radius 3 is 2.32 bits per heavy atom. The average molecular weight is 521 g/mol. The lowest BCUT2D eigenvalue weighted by molar-refractivity contribution is 0.130. The SMILES string of the molecule is COc1ccc2c(n1)c(N1C[C@@H](C)N(C(c3ccccc3)c3ccc(F)cc3)C[C@@H]1C)c(Cl)c(=O)n2C. The van der Waals surface area contributed by atoms with Crippen LogP contribution in [0.4, 0.5) is 10.1 Å². The second kappa shape index (κ2) is 10.1. The summed E-state index contributed by atoms with van der Waals surface area (Å²) in [5.74, 6) is 0.208. The minimum atomic E-state index is -0.258. The molecule has 8 heteroatoms. The molecule has 3 atom stereocenters.